The number of alkyl halides is 1. The van der Waals surface area contributed by atoms with E-state index in [0.717, 1.165) is 0 Å². The Hall–Kier alpha value is -0.800. The van der Waals surface area contributed by atoms with Crippen LogP contribution in [0.5, 0.6) is 5.75 Å². The molecule has 0 saturated carbocycles. The molecule has 13 heavy (non-hydrogen) atoms. The van der Waals surface area contributed by atoms with Gasteiger partial charge >= 0.3 is 0 Å². The minimum absolute atomic E-state index is 0.287. The van der Waals surface area contributed by atoms with Crippen molar-refractivity contribution in [2.45, 2.75) is 5.56 Å². The van der Waals surface area contributed by atoms with Crippen LogP contribution in [0.3, 0.4) is 0 Å². The first-order chi connectivity index (χ1) is 6.09. The third kappa shape index (κ3) is 3.20. The van der Waals surface area contributed by atoms with Gasteiger partial charge in [0.25, 0.3) is 5.24 Å². The van der Waals surface area contributed by atoms with Crippen LogP contribution in [0.4, 0.5) is 4.39 Å². The zero-order valence-corrected chi connectivity index (χ0v) is 7.85. The summed E-state index contributed by atoms with van der Waals surface area (Å²) in [7, 11) is 0. The van der Waals surface area contributed by atoms with Crippen molar-refractivity contribution in [3.63, 3.8) is 0 Å². The van der Waals surface area contributed by atoms with E-state index in [-0.39, 0.29) is 5.75 Å². The molecule has 1 aromatic rings. The Bertz CT molecular complexity index is 300. The minimum atomic E-state index is -1.24. The van der Waals surface area contributed by atoms with Gasteiger partial charge in [0.2, 0.25) is 5.56 Å². The third-order valence-corrected chi connectivity index (χ3v) is 1.83. The Morgan fingerprint density at radius 2 is 1.92 bits per heavy atom. The van der Waals surface area contributed by atoms with Gasteiger partial charge in [-0.25, -0.2) is 4.39 Å². The van der Waals surface area contributed by atoms with E-state index < -0.39 is 16.6 Å². The summed E-state index contributed by atoms with van der Waals surface area (Å²) in [6.07, 6.45) is 0. The molecule has 1 atom stereocenters. The average molecular weight is 223 g/mol. The van der Waals surface area contributed by atoms with Crippen molar-refractivity contribution in [3.05, 3.63) is 30.1 Å². The molecule has 0 amide bonds. The van der Waals surface area contributed by atoms with E-state index in [1.807, 2.05) is 0 Å². The summed E-state index contributed by atoms with van der Waals surface area (Å²) in [6.45, 7) is 0. The highest BCUT2D eigenvalue weighted by Gasteiger charge is 2.13. The van der Waals surface area contributed by atoms with Gasteiger partial charge in [-0.05, 0) is 35.9 Å². The van der Waals surface area contributed by atoms with Crippen molar-refractivity contribution in [1.29, 1.82) is 0 Å². The standard InChI is InChI=1S/C8H5Cl2FO2/c9-7(12)8(10)13-6-3-1-5(11)2-4-6/h1-4,8H. The van der Waals surface area contributed by atoms with Gasteiger partial charge in [-0.3, -0.25) is 4.79 Å². The van der Waals surface area contributed by atoms with Crippen LogP contribution in [0.15, 0.2) is 24.3 Å². The molecule has 1 unspecified atom stereocenters. The van der Waals surface area contributed by atoms with Crippen LogP contribution in [-0.4, -0.2) is 10.8 Å². The molecule has 1 rings (SSSR count). The number of hydrogen-bond acceptors (Lipinski definition) is 2. The van der Waals surface area contributed by atoms with Gasteiger partial charge in [0.15, 0.2) is 0 Å². The summed E-state index contributed by atoms with van der Waals surface area (Å²) in [6, 6.07) is 5.09. The summed E-state index contributed by atoms with van der Waals surface area (Å²) in [4.78, 5) is 10.4. The molecule has 0 radical (unpaired) electrons. The number of halogens is 3. The summed E-state index contributed by atoms with van der Waals surface area (Å²) in [5.74, 6) is -0.105. The second kappa shape index (κ2) is 4.44. The molecule has 1 aromatic carbocycles. The molecule has 0 N–H and O–H groups in total. The van der Waals surface area contributed by atoms with Crippen molar-refractivity contribution >= 4 is 28.4 Å². The highest BCUT2D eigenvalue weighted by Crippen LogP contribution is 2.15. The number of ether oxygens (including phenoxy) is 1. The molecule has 2 nitrogen and oxygen atoms in total. The maximum absolute atomic E-state index is 12.4. The normalized spacial score (nSPS) is 12.2. The van der Waals surface area contributed by atoms with E-state index in [9.17, 15) is 9.18 Å². The van der Waals surface area contributed by atoms with Crippen LogP contribution in [0, 0.1) is 5.82 Å². The van der Waals surface area contributed by atoms with Crippen LogP contribution in [-0.2, 0) is 4.79 Å². The predicted octanol–water partition coefficient (Wildman–Crippen LogP) is 2.53. The lowest BCUT2D eigenvalue weighted by Crippen LogP contribution is -2.15. The molecule has 0 bridgehead atoms. The minimum Gasteiger partial charge on any atom is -0.466 e. The fourth-order valence-electron chi connectivity index (χ4n) is 0.679. The highest BCUT2D eigenvalue weighted by molar-refractivity contribution is 6.68. The average Bonchev–Trinajstić information content (AvgIpc) is 2.08. The van der Waals surface area contributed by atoms with Gasteiger partial charge in [-0.1, -0.05) is 11.6 Å². The van der Waals surface area contributed by atoms with E-state index in [1.165, 1.54) is 24.3 Å². The Balaban J connectivity index is 2.64. The number of hydrogen-bond donors (Lipinski definition) is 0. The van der Waals surface area contributed by atoms with Gasteiger partial charge in [-0.2, -0.15) is 0 Å². The summed E-state index contributed by atoms with van der Waals surface area (Å²) >= 11 is 10.4. The summed E-state index contributed by atoms with van der Waals surface area (Å²) in [5.41, 5.74) is -1.24. The van der Waals surface area contributed by atoms with Crippen molar-refractivity contribution in [2.24, 2.45) is 0 Å². The number of rotatable bonds is 3. The maximum Gasteiger partial charge on any atom is 0.278 e. The first kappa shape index (κ1) is 10.3. The maximum atomic E-state index is 12.4. The van der Waals surface area contributed by atoms with Crippen LogP contribution >= 0.6 is 23.2 Å². The van der Waals surface area contributed by atoms with Gasteiger partial charge in [0.1, 0.15) is 11.6 Å². The zero-order chi connectivity index (χ0) is 9.84. The molecular weight excluding hydrogens is 218 g/mol. The molecular formula is C8H5Cl2FO2. The predicted molar refractivity (Wildman–Crippen MR) is 47.5 cm³/mol. The number of carbonyl (C=O) groups excluding carboxylic acids is 1. The third-order valence-electron chi connectivity index (χ3n) is 1.23. The zero-order valence-electron chi connectivity index (χ0n) is 6.34. The van der Waals surface area contributed by atoms with E-state index in [0.29, 0.717) is 0 Å². The van der Waals surface area contributed by atoms with E-state index in [4.69, 9.17) is 27.9 Å². The molecule has 5 heteroatoms. The molecule has 0 aromatic heterocycles. The van der Waals surface area contributed by atoms with E-state index >= 15 is 0 Å². The lowest BCUT2D eigenvalue weighted by Gasteiger charge is -2.07. The molecule has 0 aliphatic rings. The Kier molecular flexibility index (Phi) is 3.51. The van der Waals surface area contributed by atoms with Crippen molar-refractivity contribution in [3.8, 4) is 5.75 Å². The lowest BCUT2D eigenvalue weighted by atomic mass is 10.3. The van der Waals surface area contributed by atoms with Gasteiger partial charge in [0.05, 0.1) is 0 Å². The SMILES string of the molecule is O=C(Cl)C(Cl)Oc1ccc(F)cc1. The van der Waals surface area contributed by atoms with E-state index in [2.05, 4.69) is 0 Å². The largest absolute Gasteiger partial charge is 0.466 e. The molecule has 0 aliphatic carbocycles. The molecule has 0 aliphatic heterocycles. The Morgan fingerprint density at radius 1 is 1.38 bits per heavy atom. The fourth-order valence-corrected chi connectivity index (χ4v) is 0.826. The van der Waals surface area contributed by atoms with Crippen molar-refractivity contribution < 1.29 is 13.9 Å². The first-order valence-electron chi connectivity index (χ1n) is 3.35. The second-order valence-electron chi connectivity index (χ2n) is 2.19. The fraction of sp³-hybridized carbons (Fsp3) is 0.125. The first-order valence-corrected chi connectivity index (χ1v) is 4.16. The van der Waals surface area contributed by atoms with Crippen molar-refractivity contribution in [2.75, 3.05) is 0 Å². The molecule has 0 spiro atoms. The second-order valence-corrected chi connectivity index (χ2v) is 2.96. The Morgan fingerprint density at radius 3 is 2.38 bits per heavy atom. The molecule has 0 fully saturated rings. The van der Waals surface area contributed by atoms with E-state index in [1.54, 1.807) is 0 Å². The quantitative estimate of drug-likeness (QED) is 0.581. The molecule has 0 heterocycles. The summed E-state index contributed by atoms with van der Waals surface area (Å²) < 4.78 is 17.2. The van der Waals surface area contributed by atoms with Crippen LogP contribution in [0.1, 0.15) is 0 Å². The summed E-state index contributed by atoms with van der Waals surface area (Å²) in [5, 5.41) is -0.814. The monoisotopic (exact) mass is 222 g/mol. The van der Waals surface area contributed by atoms with Gasteiger partial charge in [-0.15, -0.1) is 0 Å². The Labute approximate surface area is 84.2 Å². The smallest absolute Gasteiger partial charge is 0.278 e. The van der Waals surface area contributed by atoms with Crippen molar-refractivity contribution in [1.82, 2.24) is 0 Å². The lowest BCUT2D eigenvalue weighted by molar-refractivity contribution is -0.114. The molecule has 0 saturated heterocycles. The molecule has 70 valence electrons. The van der Waals surface area contributed by atoms with Crippen LogP contribution < -0.4 is 4.74 Å². The van der Waals surface area contributed by atoms with Crippen LogP contribution in [0.25, 0.3) is 0 Å². The number of carbonyl (C=O) groups is 1. The van der Waals surface area contributed by atoms with Gasteiger partial charge in [0, 0.05) is 0 Å². The van der Waals surface area contributed by atoms with Crippen LogP contribution in [0.2, 0.25) is 0 Å². The highest BCUT2D eigenvalue weighted by atomic mass is 35.5. The topological polar surface area (TPSA) is 26.3 Å². The van der Waals surface area contributed by atoms with Gasteiger partial charge < -0.3 is 4.74 Å². The number of benzene rings is 1.